The summed E-state index contributed by atoms with van der Waals surface area (Å²) in [6.07, 6.45) is 0. The highest BCUT2D eigenvalue weighted by atomic mass is 32.2. The van der Waals surface area contributed by atoms with E-state index in [1.807, 2.05) is 14.0 Å². The van der Waals surface area contributed by atoms with Gasteiger partial charge in [-0.05, 0) is 38.2 Å². The van der Waals surface area contributed by atoms with E-state index < -0.39 is 0 Å². The van der Waals surface area contributed by atoms with Gasteiger partial charge in [0.1, 0.15) is 5.82 Å². The summed E-state index contributed by atoms with van der Waals surface area (Å²) in [7, 11) is 1.92. The lowest BCUT2D eigenvalue weighted by Crippen LogP contribution is -2.28. The number of thioether (sulfide) groups is 1. The van der Waals surface area contributed by atoms with Crippen molar-refractivity contribution in [1.29, 1.82) is 0 Å². The van der Waals surface area contributed by atoms with Gasteiger partial charge in [0.25, 0.3) is 0 Å². The zero-order valence-electron chi connectivity index (χ0n) is 9.09. The molecule has 1 N–H and O–H groups in total. The Kier molecular flexibility index (Phi) is 4.85. The SMILES string of the molecule is C=C(C)C(CSc1ccc(F)cc1)NC. The van der Waals surface area contributed by atoms with E-state index in [2.05, 4.69) is 11.9 Å². The first kappa shape index (κ1) is 12.3. The molecule has 15 heavy (non-hydrogen) atoms. The van der Waals surface area contributed by atoms with Gasteiger partial charge < -0.3 is 5.32 Å². The quantitative estimate of drug-likeness (QED) is 0.610. The third-order valence-corrected chi connectivity index (χ3v) is 3.28. The lowest BCUT2D eigenvalue weighted by molar-refractivity contribution is 0.626. The zero-order valence-corrected chi connectivity index (χ0v) is 9.90. The Balaban J connectivity index is 2.49. The van der Waals surface area contributed by atoms with Crippen molar-refractivity contribution >= 4 is 11.8 Å². The molecule has 0 bridgehead atoms. The van der Waals surface area contributed by atoms with Gasteiger partial charge in [0.15, 0.2) is 0 Å². The first-order chi connectivity index (χ1) is 7.13. The molecule has 0 radical (unpaired) electrons. The maximum atomic E-state index is 12.6. The molecule has 0 aromatic heterocycles. The second-order valence-electron chi connectivity index (χ2n) is 3.45. The third kappa shape index (κ3) is 4.06. The molecule has 1 unspecified atom stereocenters. The largest absolute Gasteiger partial charge is 0.313 e. The molecule has 0 saturated carbocycles. The molecular formula is C12H16FNS. The maximum Gasteiger partial charge on any atom is 0.123 e. The Morgan fingerprint density at radius 3 is 2.53 bits per heavy atom. The molecule has 0 amide bonds. The molecule has 0 aliphatic heterocycles. The first-order valence-corrected chi connectivity index (χ1v) is 5.83. The Labute approximate surface area is 94.8 Å². The molecule has 1 aromatic carbocycles. The molecule has 1 atom stereocenters. The number of hydrogen-bond donors (Lipinski definition) is 1. The normalized spacial score (nSPS) is 12.5. The minimum absolute atomic E-state index is 0.190. The van der Waals surface area contributed by atoms with Gasteiger partial charge in [0.05, 0.1) is 0 Å². The van der Waals surface area contributed by atoms with Crippen molar-refractivity contribution in [3.05, 3.63) is 42.2 Å². The second-order valence-corrected chi connectivity index (χ2v) is 4.55. The van der Waals surface area contributed by atoms with Crippen LogP contribution in [0.1, 0.15) is 6.92 Å². The third-order valence-electron chi connectivity index (χ3n) is 2.17. The van der Waals surface area contributed by atoms with Crippen molar-refractivity contribution in [3.63, 3.8) is 0 Å². The zero-order chi connectivity index (χ0) is 11.3. The van der Waals surface area contributed by atoms with E-state index in [-0.39, 0.29) is 5.82 Å². The molecule has 3 heteroatoms. The van der Waals surface area contributed by atoms with E-state index in [1.165, 1.54) is 12.1 Å². The Morgan fingerprint density at radius 2 is 2.07 bits per heavy atom. The Bertz CT molecular complexity index is 321. The number of benzene rings is 1. The van der Waals surface area contributed by atoms with E-state index >= 15 is 0 Å². The summed E-state index contributed by atoms with van der Waals surface area (Å²) in [6, 6.07) is 6.87. The number of hydrogen-bond acceptors (Lipinski definition) is 2. The van der Waals surface area contributed by atoms with Gasteiger partial charge in [0, 0.05) is 16.7 Å². The summed E-state index contributed by atoms with van der Waals surface area (Å²) in [5.41, 5.74) is 1.12. The van der Waals surface area contributed by atoms with Crippen molar-refractivity contribution in [2.45, 2.75) is 17.9 Å². The lowest BCUT2D eigenvalue weighted by atomic mass is 10.2. The molecule has 1 aromatic rings. The fourth-order valence-electron chi connectivity index (χ4n) is 1.18. The highest BCUT2D eigenvalue weighted by Gasteiger charge is 2.06. The van der Waals surface area contributed by atoms with Gasteiger partial charge in [-0.2, -0.15) is 0 Å². The van der Waals surface area contributed by atoms with Crippen LogP contribution in [-0.4, -0.2) is 18.8 Å². The van der Waals surface area contributed by atoms with Crippen LogP contribution >= 0.6 is 11.8 Å². The van der Waals surface area contributed by atoms with Gasteiger partial charge in [-0.1, -0.05) is 12.2 Å². The van der Waals surface area contributed by atoms with Crippen LogP contribution in [0.2, 0.25) is 0 Å². The molecule has 1 rings (SSSR count). The van der Waals surface area contributed by atoms with E-state index in [9.17, 15) is 4.39 Å². The molecule has 0 aliphatic rings. The lowest BCUT2D eigenvalue weighted by Gasteiger charge is -2.15. The van der Waals surface area contributed by atoms with Crippen molar-refractivity contribution < 1.29 is 4.39 Å². The second kappa shape index (κ2) is 5.93. The summed E-state index contributed by atoms with van der Waals surface area (Å²) in [6.45, 7) is 5.92. The van der Waals surface area contributed by atoms with Crippen molar-refractivity contribution in [1.82, 2.24) is 5.32 Å². The van der Waals surface area contributed by atoms with Crippen LogP contribution in [0.5, 0.6) is 0 Å². The van der Waals surface area contributed by atoms with E-state index in [0.29, 0.717) is 6.04 Å². The Morgan fingerprint density at radius 1 is 1.47 bits per heavy atom. The van der Waals surface area contributed by atoms with Gasteiger partial charge in [-0.15, -0.1) is 11.8 Å². The summed E-state index contributed by atoms with van der Waals surface area (Å²) >= 11 is 1.70. The van der Waals surface area contributed by atoms with Crippen LogP contribution < -0.4 is 5.32 Å². The topological polar surface area (TPSA) is 12.0 Å². The summed E-state index contributed by atoms with van der Waals surface area (Å²) < 4.78 is 12.6. The predicted octanol–water partition coefficient (Wildman–Crippen LogP) is 3.08. The van der Waals surface area contributed by atoms with Crippen LogP contribution in [0.25, 0.3) is 0 Å². The maximum absolute atomic E-state index is 12.6. The number of nitrogens with one attached hydrogen (secondary N) is 1. The summed E-state index contributed by atoms with van der Waals surface area (Å²) in [5.74, 6) is 0.724. The first-order valence-electron chi connectivity index (χ1n) is 4.84. The van der Waals surface area contributed by atoms with E-state index in [0.717, 1.165) is 16.2 Å². The summed E-state index contributed by atoms with van der Waals surface area (Å²) in [5, 5.41) is 3.19. The van der Waals surface area contributed by atoms with Crippen LogP contribution in [0.3, 0.4) is 0 Å². The molecule has 0 aliphatic carbocycles. The van der Waals surface area contributed by atoms with Gasteiger partial charge >= 0.3 is 0 Å². The minimum Gasteiger partial charge on any atom is -0.313 e. The molecular weight excluding hydrogens is 209 g/mol. The van der Waals surface area contributed by atoms with Gasteiger partial charge in [0.2, 0.25) is 0 Å². The van der Waals surface area contributed by atoms with Crippen molar-refractivity contribution in [3.8, 4) is 0 Å². The molecule has 1 nitrogen and oxygen atoms in total. The molecule has 82 valence electrons. The van der Waals surface area contributed by atoms with E-state index in [4.69, 9.17) is 0 Å². The van der Waals surface area contributed by atoms with Gasteiger partial charge in [-0.25, -0.2) is 4.39 Å². The van der Waals surface area contributed by atoms with Crippen LogP contribution in [0.4, 0.5) is 4.39 Å². The smallest absolute Gasteiger partial charge is 0.123 e. The number of halogens is 1. The number of rotatable bonds is 5. The van der Waals surface area contributed by atoms with Crippen LogP contribution in [-0.2, 0) is 0 Å². The minimum atomic E-state index is -0.190. The molecule has 0 saturated heterocycles. The average Bonchev–Trinajstić information content (AvgIpc) is 2.21. The van der Waals surface area contributed by atoms with Crippen molar-refractivity contribution in [2.24, 2.45) is 0 Å². The number of likely N-dealkylation sites (N-methyl/N-ethyl adjacent to an activating group) is 1. The molecule has 0 spiro atoms. The monoisotopic (exact) mass is 225 g/mol. The van der Waals surface area contributed by atoms with Crippen molar-refractivity contribution in [2.75, 3.05) is 12.8 Å². The van der Waals surface area contributed by atoms with Gasteiger partial charge in [-0.3, -0.25) is 0 Å². The highest BCUT2D eigenvalue weighted by molar-refractivity contribution is 7.99. The average molecular weight is 225 g/mol. The fraction of sp³-hybridized carbons (Fsp3) is 0.333. The van der Waals surface area contributed by atoms with E-state index in [1.54, 1.807) is 23.9 Å². The van der Waals surface area contributed by atoms with Crippen LogP contribution in [0.15, 0.2) is 41.3 Å². The molecule has 0 heterocycles. The fourth-order valence-corrected chi connectivity index (χ4v) is 2.32. The standard InChI is InChI=1S/C12H16FNS/c1-9(2)12(14-3)8-15-11-6-4-10(13)5-7-11/h4-7,12,14H,1,8H2,2-3H3. The predicted molar refractivity (Wildman–Crippen MR) is 64.8 cm³/mol. The summed E-state index contributed by atoms with van der Waals surface area (Å²) in [4.78, 5) is 1.08. The van der Waals surface area contributed by atoms with Crippen LogP contribution in [0, 0.1) is 5.82 Å². The molecule has 0 fully saturated rings. The Hall–Kier alpha value is -0.800. The highest BCUT2D eigenvalue weighted by Crippen LogP contribution is 2.20.